The van der Waals surface area contributed by atoms with Gasteiger partial charge in [0.25, 0.3) is 0 Å². The minimum absolute atomic E-state index is 0.0598. The molecule has 2 spiro atoms. The first-order valence-electron chi connectivity index (χ1n) is 45.4. The van der Waals surface area contributed by atoms with Crippen LogP contribution in [-0.2, 0) is 26.2 Å². The molecule has 682 valence electrons. The van der Waals surface area contributed by atoms with Gasteiger partial charge < -0.3 is 58.5 Å². The number of halogens is 4. The summed E-state index contributed by atoms with van der Waals surface area (Å²) in [5.74, 6) is 5.17. The minimum Gasteiger partial charge on any atom is -0.372 e. The highest BCUT2D eigenvalue weighted by molar-refractivity contribution is 6.44. The Balaban J connectivity index is 0.000000110. The highest BCUT2D eigenvalue weighted by Gasteiger charge is 2.54. The number of H-pyrrole nitrogens is 4. The monoisotopic (exact) mass is 1820 g/mol. The van der Waals surface area contributed by atoms with Crippen LogP contribution < -0.4 is 58.5 Å². The Labute approximate surface area is 770 Å². The molecule has 7 fully saturated rings. The Morgan fingerprint density at radius 1 is 0.446 bits per heavy atom. The number of piperidine rings is 5. The average molecular weight is 1820 g/mol. The smallest absolute Gasteiger partial charge is 0.202 e. The molecule has 130 heavy (non-hydrogen) atoms. The lowest BCUT2D eigenvalue weighted by molar-refractivity contribution is 0.110. The summed E-state index contributed by atoms with van der Waals surface area (Å²) in [5.41, 5.74) is 50.3. The van der Waals surface area contributed by atoms with E-state index in [4.69, 9.17) is 93.4 Å². The maximum Gasteiger partial charge on any atom is 0.202 e. The summed E-state index contributed by atoms with van der Waals surface area (Å²) in [5, 5.41) is 32.9. The van der Waals surface area contributed by atoms with Crippen LogP contribution in [0.5, 0.6) is 0 Å². The van der Waals surface area contributed by atoms with Crippen LogP contribution in [-0.4, -0.2) is 227 Å². The maximum absolute atomic E-state index is 14.6. The van der Waals surface area contributed by atoms with Crippen molar-refractivity contribution in [1.29, 1.82) is 0 Å². The number of aryl methyl sites for hydroxylation is 3. The van der Waals surface area contributed by atoms with E-state index in [1.807, 2.05) is 70.0 Å². The van der Waals surface area contributed by atoms with E-state index in [1.165, 1.54) is 32.1 Å². The summed E-state index contributed by atoms with van der Waals surface area (Å²) in [6.07, 6.45) is 31.9. The van der Waals surface area contributed by atoms with Gasteiger partial charge in [-0.25, -0.2) is 59.2 Å². The number of aliphatic imine (C=N–C) groups is 4. The van der Waals surface area contributed by atoms with Crippen LogP contribution in [0.15, 0.2) is 100 Å². The molecule has 15 N–H and O–H groups in total. The van der Waals surface area contributed by atoms with Crippen molar-refractivity contribution in [2.24, 2.45) is 70.3 Å². The SMILES string of the molecule is CC1(F)CCC2(CCN(c3cnc4c(-c5cccc(Cl)c5Cl)[nH]nc4n3)CC2)C1N.CNc1nccc(C2=NCc3nc(N4CCC(C)(CN)CC4)cnc32)c1Cl.Cc1[nH]ncc1C1=NCc2nc(N3CCC(C)(CN)CC3)cnc21.Cc1[nH]ncc1C1=NCc2nc(N3CCC(C)(N)CC3)cnc21.Cc1[nH]ncc1C1=NCc2nc(N3CCC4(CCC[C@H]4N)CC3)cnc21. The number of benzene rings is 1. The molecule has 11 aliphatic rings. The average Bonchev–Trinajstić information content (AvgIpc) is 1.60. The molecule has 5 saturated heterocycles. The number of hydrogen-bond acceptors (Lipinski definition) is 30. The van der Waals surface area contributed by atoms with Gasteiger partial charge in [-0.05, 0) is 171 Å². The summed E-state index contributed by atoms with van der Waals surface area (Å²) in [6, 6.07) is 7.27. The Hall–Kier alpha value is -11.1. The first-order valence-corrected chi connectivity index (χ1v) is 46.5. The highest BCUT2D eigenvalue weighted by atomic mass is 35.5. The molecule has 11 aromatic rings. The molecule has 9 aliphatic heterocycles. The van der Waals surface area contributed by atoms with Crippen LogP contribution in [0, 0.1) is 42.4 Å². The zero-order chi connectivity index (χ0) is 90.6. The van der Waals surface area contributed by atoms with Crippen LogP contribution >= 0.6 is 34.8 Å². The van der Waals surface area contributed by atoms with Crippen LogP contribution in [0.2, 0.25) is 15.1 Å². The van der Waals surface area contributed by atoms with Crippen molar-refractivity contribution in [2.45, 2.75) is 194 Å². The van der Waals surface area contributed by atoms with Crippen molar-refractivity contribution in [2.75, 3.05) is 115 Å². The number of aromatic nitrogens is 19. The lowest BCUT2D eigenvalue weighted by atomic mass is 9.73. The van der Waals surface area contributed by atoms with Crippen LogP contribution in [0.4, 0.5) is 39.3 Å². The van der Waals surface area contributed by atoms with Crippen molar-refractivity contribution < 1.29 is 4.39 Å². The Morgan fingerprint density at radius 2 is 0.846 bits per heavy atom. The number of nitrogens with one attached hydrogen (secondary N) is 5. The molecule has 19 heterocycles. The van der Waals surface area contributed by atoms with Gasteiger partial charge in [-0.2, -0.15) is 20.4 Å². The van der Waals surface area contributed by atoms with E-state index in [-0.39, 0.29) is 21.8 Å². The second-order valence-corrected chi connectivity index (χ2v) is 39.1. The third-order valence-corrected chi connectivity index (χ3v) is 30.5. The number of alkyl halides is 1. The third-order valence-electron chi connectivity index (χ3n) is 29.2. The van der Waals surface area contributed by atoms with Gasteiger partial charge in [-0.1, -0.05) is 67.2 Å². The largest absolute Gasteiger partial charge is 0.372 e. The molecular weight excluding hydrogens is 1710 g/mol. The normalized spacial score (nSPS) is 21.7. The van der Waals surface area contributed by atoms with Gasteiger partial charge in [0, 0.05) is 141 Å². The van der Waals surface area contributed by atoms with Crippen molar-refractivity contribution in [3.8, 4) is 11.3 Å². The van der Waals surface area contributed by atoms with E-state index < -0.39 is 11.7 Å². The minimum atomic E-state index is -1.27. The molecule has 1 aromatic carbocycles. The number of nitrogens with zero attached hydrogens (tertiary/aromatic N) is 24. The van der Waals surface area contributed by atoms with Crippen LogP contribution in [0.1, 0.15) is 209 Å². The van der Waals surface area contributed by atoms with E-state index in [2.05, 4.69) is 136 Å². The molecule has 22 rings (SSSR count). The van der Waals surface area contributed by atoms with E-state index in [1.54, 1.807) is 44.8 Å². The van der Waals surface area contributed by atoms with Gasteiger partial charge in [0.05, 0.1) is 142 Å². The number of nitrogens with two attached hydrogens (primary N) is 5. The van der Waals surface area contributed by atoms with Crippen molar-refractivity contribution in [3.05, 3.63) is 180 Å². The molecule has 2 unspecified atom stereocenters. The van der Waals surface area contributed by atoms with Crippen molar-refractivity contribution in [1.82, 2.24) is 95.6 Å². The fourth-order valence-corrected chi connectivity index (χ4v) is 20.7. The molecule has 0 bridgehead atoms. The first-order chi connectivity index (χ1) is 62.6. The summed E-state index contributed by atoms with van der Waals surface area (Å²) in [7, 11) is 1.79. The summed E-state index contributed by atoms with van der Waals surface area (Å²) in [6.45, 7) is 27.4. The predicted molar refractivity (Wildman–Crippen MR) is 509 cm³/mol. The van der Waals surface area contributed by atoms with E-state index in [9.17, 15) is 4.39 Å². The number of anilines is 6. The number of hydrogen-bond donors (Lipinski definition) is 10. The predicted octanol–water partition coefficient (Wildman–Crippen LogP) is 11.8. The number of pyridine rings is 1. The molecule has 3 atom stereocenters. The van der Waals surface area contributed by atoms with Gasteiger partial charge in [0.15, 0.2) is 0 Å². The summed E-state index contributed by atoms with van der Waals surface area (Å²) in [4.78, 5) is 81.6. The van der Waals surface area contributed by atoms with E-state index >= 15 is 0 Å². The quantitative estimate of drug-likeness (QED) is 0.0512. The molecular formula is C92H116Cl3FN34. The fraction of sp³-hybridized carbons (Fsp3) is 0.511. The van der Waals surface area contributed by atoms with E-state index in [0.29, 0.717) is 81.8 Å². The van der Waals surface area contributed by atoms with Gasteiger partial charge >= 0.3 is 0 Å². The zero-order valence-electron chi connectivity index (χ0n) is 75.2. The standard InChI is InChI=1S/C21H23Cl2FN6.C19H24ClN7.C19H25N7.C17H23N7.C16H21N7/c1-20(24)5-6-21(19(20)25)7-9-30(10-8-21)14-11-26-17-16(28-29-18(17)27-14)12-3-2-4-13(22)15(12)23;1-19(11-21)4-7-27(8-5-19)14-10-25-17-13(26-14)9-24-16(17)12-3-6-23-18(22-2)15(12)20;1-12-13(9-23-25-12)17-18-14(10-21-17)24-16(11-22-18)26-7-5-19(6-8-26)4-2-3-15(19)20;1-11-12(7-21-23-11)15-16-13(8-19-15)22-14(9-20-16)24-5-3-17(2,10-18)4-6-24;1-10-11(7-20-22-10)14-15-12(8-18-14)21-13(9-19-15)23-5-3-16(2,17)4-6-23/h2-4,11,19H,5-10,25H2,1H3,(H,27,28,29);3,6,10H,4-5,7-9,11,21H2,1-2H3,(H,22,23);9,11,15H,2-8,10,20H2,1H3,(H,23,25);7,9H,3-6,8,10,18H2,1-2H3,(H,21,23);7,9H,3-6,8,17H2,1-2H3,(H,20,22)/t;;15-;;/m..1../s1. The molecule has 34 nitrogen and oxygen atoms in total. The number of fused-ring (bicyclic) bond motifs is 5. The molecule has 38 heteroatoms. The van der Waals surface area contributed by atoms with Crippen LogP contribution in [0.25, 0.3) is 22.4 Å². The summed E-state index contributed by atoms with van der Waals surface area (Å²) < 4.78 is 14.6. The van der Waals surface area contributed by atoms with Gasteiger partial charge in [-0.3, -0.25) is 40.4 Å². The second kappa shape index (κ2) is 36.6. The Bertz CT molecular complexity index is 6100. The number of aromatic amines is 4. The maximum atomic E-state index is 14.6. The molecule has 2 aliphatic carbocycles. The van der Waals surface area contributed by atoms with Gasteiger partial charge in [-0.15, -0.1) is 0 Å². The van der Waals surface area contributed by atoms with Crippen molar-refractivity contribution >= 4 is 104 Å². The molecule has 0 radical (unpaired) electrons. The number of rotatable bonds is 13. The molecule has 2 saturated carbocycles. The van der Waals surface area contributed by atoms with Gasteiger partial charge in [0.2, 0.25) is 5.65 Å². The zero-order valence-corrected chi connectivity index (χ0v) is 77.5. The van der Waals surface area contributed by atoms with E-state index in [0.717, 1.165) is 279 Å². The second-order valence-electron chi connectivity index (χ2n) is 37.9. The Morgan fingerprint density at radius 3 is 1.23 bits per heavy atom. The molecule has 0 amide bonds. The summed E-state index contributed by atoms with van der Waals surface area (Å²) >= 11 is 19.0. The fourth-order valence-electron chi connectivity index (χ4n) is 20.0. The lowest BCUT2D eigenvalue weighted by Gasteiger charge is -2.43. The molecule has 10 aromatic heterocycles. The topological polar surface area (TPSA) is 464 Å². The highest BCUT2D eigenvalue weighted by Crippen LogP contribution is 2.52. The van der Waals surface area contributed by atoms with Gasteiger partial charge in [0.1, 0.15) is 68.9 Å². The first kappa shape index (κ1) is 89.5. The van der Waals surface area contributed by atoms with Crippen molar-refractivity contribution in [3.63, 3.8) is 0 Å². The lowest BCUT2D eigenvalue weighted by Crippen LogP contribution is -2.52. The van der Waals surface area contributed by atoms with Crippen LogP contribution in [0.3, 0.4) is 0 Å². The Kier molecular flexibility index (Phi) is 25.2. The third kappa shape index (κ3) is 17.8.